The van der Waals surface area contributed by atoms with Crippen LogP contribution in [0.25, 0.3) is 0 Å². The van der Waals surface area contributed by atoms with Crippen molar-refractivity contribution in [2.75, 3.05) is 31.1 Å². The zero-order chi connectivity index (χ0) is 13.9. The van der Waals surface area contributed by atoms with E-state index in [2.05, 4.69) is 26.9 Å². The molecule has 2 heterocycles. The van der Waals surface area contributed by atoms with E-state index in [9.17, 15) is 0 Å². The van der Waals surface area contributed by atoms with Gasteiger partial charge in [-0.25, -0.2) is 4.98 Å². The van der Waals surface area contributed by atoms with Crippen molar-refractivity contribution in [3.05, 3.63) is 23.9 Å². The molecular weight excluding hydrogens is 238 g/mol. The fourth-order valence-corrected chi connectivity index (χ4v) is 2.28. The Kier molecular flexibility index (Phi) is 3.69. The number of anilines is 1. The maximum Gasteiger partial charge on any atom is 0.146 e. The molecule has 0 atom stereocenters. The lowest BCUT2D eigenvalue weighted by molar-refractivity contribution is 0.158. The molecule has 0 saturated carbocycles. The highest BCUT2D eigenvalue weighted by Crippen LogP contribution is 2.21. The lowest BCUT2D eigenvalue weighted by Crippen LogP contribution is -2.54. The molecule has 1 saturated heterocycles. The van der Waals surface area contributed by atoms with E-state index in [1.54, 1.807) is 18.3 Å². The van der Waals surface area contributed by atoms with Crippen LogP contribution in [0.2, 0.25) is 0 Å². The fraction of sp³-hybridized carbons (Fsp3) is 0.500. The highest BCUT2D eigenvalue weighted by Gasteiger charge is 2.30. The van der Waals surface area contributed by atoms with Crippen molar-refractivity contribution in [3.8, 4) is 12.1 Å². The Morgan fingerprint density at radius 1 is 1.21 bits per heavy atom. The van der Waals surface area contributed by atoms with E-state index in [-0.39, 0.29) is 0 Å². The summed E-state index contributed by atoms with van der Waals surface area (Å²) in [6.45, 7) is 7.06. The Bertz CT molecular complexity index is 530. The minimum absolute atomic E-state index is 0.436. The Hall–Kier alpha value is -2.11. The molecule has 1 aromatic rings. The highest BCUT2D eigenvalue weighted by atomic mass is 15.3. The topological polar surface area (TPSA) is 67.0 Å². The average molecular weight is 255 g/mol. The third-order valence-corrected chi connectivity index (χ3v) is 3.55. The van der Waals surface area contributed by atoms with Crippen LogP contribution in [-0.4, -0.2) is 41.6 Å². The summed E-state index contributed by atoms with van der Waals surface area (Å²) in [4.78, 5) is 8.58. The zero-order valence-electron chi connectivity index (χ0n) is 11.3. The lowest BCUT2D eigenvalue weighted by atomic mass is 10.0. The van der Waals surface area contributed by atoms with Gasteiger partial charge in [0.15, 0.2) is 0 Å². The van der Waals surface area contributed by atoms with Gasteiger partial charge in [-0.1, -0.05) is 0 Å². The third kappa shape index (κ3) is 2.67. The number of nitrogens with zero attached hydrogens (tertiary/aromatic N) is 5. The van der Waals surface area contributed by atoms with Crippen molar-refractivity contribution in [1.29, 1.82) is 10.5 Å². The van der Waals surface area contributed by atoms with Gasteiger partial charge in [0.25, 0.3) is 0 Å². The third-order valence-electron chi connectivity index (χ3n) is 3.55. The standard InChI is InChI=1S/C14H17N5/c1-14(2,11-16)19-8-6-18(7-9-19)13-12(10-15)4-3-5-17-13/h3-5H,6-9H2,1-2H3. The Morgan fingerprint density at radius 3 is 2.47 bits per heavy atom. The molecule has 1 aliphatic rings. The molecule has 5 heteroatoms. The quantitative estimate of drug-likeness (QED) is 0.798. The van der Waals surface area contributed by atoms with Crippen molar-refractivity contribution < 1.29 is 0 Å². The Morgan fingerprint density at radius 2 is 1.89 bits per heavy atom. The molecule has 0 N–H and O–H groups in total. The fourth-order valence-electron chi connectivity index (χ4n) is 2.28. The number of nitriles is 2. The number of piperazine rings is 1. The minimum Gasteiger partial charge on any atom is -0.353 e. The molecule has 1 aromatic heterocycles. The van der Waals surface area contributed by atoms with Crippen LogP contribution < -0.4 is 4.90 Å². The SMILES string of the molecule is CC(C)(C#N)N1CCN(c2ncccc2C#N)CC1. The van der Waals surface area contributed by atoms with Crippen LogP contribution in [0.15, 0.2) is 18.3 Å². The molecule has 1 aliphatic heterocycles. The molecule has 0 aliphatic carbocycles. The summed E-state index contributed by atoms with van der Waals surface area (Å²) in [5.74, 6) is 0.749. The summed E-state index contributed by atoms with van der Waals surface area (Å²) >= 11 is 0. The van der Waals surface area contributed by atoms with E-state index in [1.165, 1.54) is 0 Å². The van der Waals surface area contributed by atoms with E-state index in [0.717, 1.165) is 32.0 Å². The van der Waals surface area contributed by atoms with Gasteiger partial charge in [0.2, 0.25) is 0 Å². The molecule has 0 aromatic carbocycles. The second-order valence-corrected chi connectivity index (χ2v) is 5.13. The first-order valence-corrected chi connectivity index (χ1v) is 6.35. The smallest absolute Gasteiger partial charge is 0.146 e. The monoisotopic (exact) mass is 255 g/mol. The summed E-state index contributed by atoms with van der Waals surface area (Å²) in [7, 11) is 0. The van der Waals surface area contributed by atoms with Gasteiger partial charge in [-0.3, -0.25) is 4.90 Å². The van der Waals surface area contributed by atoms with Crippen molar-refractivity contribution in [3.63, 3.8) is 0 Å². The van der Waals surface area contributed by atoms with Crippen LogP contribution in [-0.2, 0) is 0 Å². The number of hydrogen-bond donors (Lipinski definition) is 0. The molecule has 0 unspecified atom stereocenters. The molecule has 2 rings (SSSR count). The van der Waals surface area contributed by atoms with E-state index in [4.69, 9.17) is 10.5 Å². The van der Waals surface area contributed by atoms with E-state index in [0.29, 0.717) is 5.56 Å². The van der Waals surface area contributed by atoms with Gasteiger partial charge >= 0.3 is 0 Å². The summed E-state index contributed by atoms with van der Waals surface area (Å²) < 4.78 is 0. The second kappa shape index (κ2) is 5.26. The maximum absolute atomic E-state index is 9.15. The van der Waals surface area contributed by atoms with Crippen LogP contribution >= 0.6 is 0 Å². The second-order valence-electron chi connectivity index (χ2n) is 5.13. The number of pyridine rings is 1. The van der Waals surface area contributed by atoms with Gasteiger partial charge in [-0.2, -0.15) is 10.5 Å². The maximum atomic E-state index is 9.15. The number of aromatic nitrogens is 1. The lowest BCUT2D eigenvalue weighted by Gasteiger charge is -2.41. The normalized spacial score (nSPS) is 16.7. The molecule has 19 heavy (non-hydrogen) atoms. The number of rotatable bonds is 2. The zero-order valence-corrected chi connectivity index (χ0v) is 11.3. The highest BCUT2D eigenvalue weighted by molar-refractivity contribution is 5.53. The predicted octanol–water partition coefficient (Wildman–Crippen LogP) is 1.38. The minimum atomic E-state index is -0.436. The van der Waals surface area contributed by atoms with Crippen LogP contribution in [0.5, 0.6) is 0 Å². The molecular formula is C14H17N5. The molecule has 0 radical (unpaired) electrons. The Labute approximate surface area is 113 Å². The van der Waals surface area contributed by atoms with Crippen molar-refractivity contribution in [1.82, 2.24) is 9.88 Å². The van der Waals surface area contributed by atoms with Crippen LogP contribution in [0.3, 0.4) is 0 Å². The predicted molar refractivity (Wildman–Crippen MR) is 72.4 cm³/mol. The number of hydrogen-bond acceptors (Lipinski definition) is 5. The largest absolute Gasteiger partial charge is 0.353 e. The molecule has 98 valence electrons. The van der Waals surface area contributed by atoms with Crippen molar-refractivity contribution >= 4 is 5.82 Å². The van der Waals surface area contributed by atoms with Crippen LogP contribution in [0.1, 0.15) is 19.4 Å². The summed E-state index contributed by atoms with van der Waals surface area (Å²) in [6.07, 6.45) is 1.71. The van der Waals surface area contributed by atoms with Crippen molar-refractivity contribution in [2.24, 2.45) is 0 Å². The van der Waals surface area contributed by atoms with Gasteiger partial charge in [0.05, 0.1) is 11.6 Å². The molecule has 0 bridgehead atoms. The summed E-state index contributed by atoms with van der Waals surface area (Å²) in [5, 5.41) is 18.2. The van der Waals surface area contributed by atoms with Gasteiger partial charge in [-0.05, 0) is 26.0 Å². The van der Waals surface area contributed by atoms with Gasteiger partial charge < -0.3 is 4.90 Å². The molecule has 5 nitrogen and oxygen atoms in total. The Balaban J connectivity index is 2.09. The van der Waals surface area contributed by atoms with Crippen molar-refractivity contribution in [2.45, 2.75) is 19.4 Å². The van der Waals surface area contributed by atoms with Crippen LogP contribution in [0, 0.1) is 22.7 Å². The summed E-state index contributed by atoms with van der Waals surface area (Å²) in [6, 6.07) is 8.06. The first-order chi connectivity index (χ1) is 9.08. The van der Waals surface area contributed by atoms with Gasteiger partial charge in [-0.15, -0.1) is 0 Å². The van der Waals surface area contributed by atoms with E-state index >= 15 is 0 Å². The summed E-state index contributed by atoms with van der Waals surface area (Å²) in [5.41, 5.74) is 0.171. The first-order valence-electron chi connectivity index (χ1n) is 6.35. The first kappa shape index (κ1) is 13.3. The van der Waals surface area contributed by atoms with Gasteiger partial charge in [0, 0.05) is 32.4 Å². The van der Waals surface area contributed by atoms with E-state index < -0.39 is 5.54 Å². The van der Waals surface area contributed by atoms with Crippen LogP contribution in [0.4, 0.5) is 5.82 Å². The molecule has 0 amide bonds. The van der Waals surface area contributed by atoms with E-state index in [1.807, 2.05) is 13.8 Å². The molecule has 0 spiro atoms. The molecule has 1 fully saturated rings. The average Bonchev–Trinajstić information content (AvgIpc) is 2.47. The van der Waals surface area contributed by atoms with Gasteiger partial charge in [0.1, 0.15) is 17.4 Å².